The Morgan fingerprint density at radius 1 is 1.23 bits per heavy atom. The Labute approximate surface area is 153 Å². The highest BCUT2D eigenvalue weighted by Gasteiger charge is 2.16. The van der Waals surface area contributed by atoms with E-state index >= 15 is 0 Å². The number of benzene rings is 1. The zero-order chi connectivity index (χ0) is 19.2. The molecule has 3 N–H and O–H groups in total. The summed E-state index contributed by atoms with van der Waals surface area (Å²) < 4.78 is 26.4. The van der Waals surface area contributed by atoms with Crippen LogP contribution in [-0.4, -0.2) is 30.0 Å². The first-order valence-electron chi connectivity index (χ1n) is 8.18. The Bertz CT molecular complexity index is 868. The molecule has 0 radical (unpaired) electrons. The van der Waals surface area contributed by atoms with E-state index in [2.05, 4.69) is 19.2 Å². The van der Waals surface area contributed by atoms with Crippen molar-refractivity contribution in [1.82, 2.24) is 14.8 Å². The number of carbonyl (C=O) groups is 1. The smallest absolute Gasteiger partial charge is 0.267 e. The highest BCUT2D eigenvalue weighted by Crippen LogP contribution is 2.17. The van der Waals surface area contributed by atoms with Crippen LogP contribution in [-0.2, 0) is 21.4 Å². The number of amides is 1. The molecule has 0 aliphatic carbocycles. The third-order valence-electron chi connectivity index (χ3n) is 3.61. The predicted molar refractivity (Wildman–Crippen MR) is 99.0 cm³/mol. The van der Waals surface area contributed by atoms with Crippen LogP contribution < -0.4 is 10.8 Å². The number of hydrogen-bond donors (Lipinski definition) is 3. The molecule has 0 aliphatic rings. The van der Waals surface area contributed by atoms with Crippen molar-refractivity contribution in [1.29, 1.82) is 0 Å². The summed E-state index contributed by atoms with van der Waals surface area (Å²) in [5.41, 5.74) is 3.00. The van der Waals surface area contributed by atoms with Gasteiger partial charge < -0.3 is 5.32 Å². The second-order valence-corrected chi connectivity index (χ2v) is 8.10. The Morgan fingerprint density at radius 2 is 1.92 bits per heavy atom. The molecule has 26 heavy (non-hydrogen) atoms. The summed E-state index contributed by atoms with van der Waals surface area (Å²) in [4.78, 5) is 11.2. The predicted octanol–water partition coefficient (Wildman–Crippen LogP) is 1.99. The van der Waals surface area contributed by atoms with E-state index in [9.17, 15) is 13.2 Å². The molecule has 140 valence electrons. The fourth-order valence-electron chi connectivity index (χ4n) is 2.26. The van der Waals surface area contributed by atoms with Gasteiger partial charge in [-0.3, -0.25) is 10.0 Å². The minimum absolute atomic E-state index is 0.185. The Morgan fingerprint density at radius 3 is 2.54 bits per heavy atom. The van der Waals surface area contributed by atoms with Crippen LogP contribution in [0.15, 0.2) is 53.7 Å². The van der Waals surface area contributed by atoms with Crippen molar-refractivity contribution in [2.75, 3.05) is 6.54 Å². The van der Waals surface area contributed by atoms with Crippen LogP contribution in [0.1, 0.15) is 25.0 Å². The van der Waals surface area contributed by atoms with Crippen LogP contribution in [0.4, 0.5) is 0 Å². The summed E-state index contributed by atoms with van der Waals surface area (Å²) in [6, 6.07) is 8.29. The second kappa shape index (κ2) is 8.79. The molecule has 2 rings (SSSR count). The third-order valence-corrected chi connectivity index (χ3v) is 5.26. The first-order valence-corrected chi connectivity index (χ1v) is 9.62. The maximum absolute atomic E-state index is 12.7. The van der Waals surface area contributed by atoms with Crippen LogP contribution in [0.5, 0.6) is 0 Å². The summed E-state index contributed by atoms with van der Waals surface area (Å²) in [6.45, 7) is 5.83. The number of nitrogens with zero attached hydrogens (tertiary/aromatic N) is 1. The van der Waals surface area contributed by atoms with Gasteiger partial charge in [-0.15, -0.1) is 0 Å². The zero-order valence-corrected chi connectivity index (χ0v) is 15.5. The number of nitrogens with one attached hydrogen (secondary N) is 2. The third kappa shape index (κ3) is 5.29. The van der Waals surface area contributed by atoms with Crippen molar-refractivity contribution in [2.45, 2.75) is 25.3 Å². The monoisotopic (exact) mass is 377 g/mol. The molecule has 0 atom stereocenters. The average molecular weight is 377 g/mol. The van der Waals surface area contributed by atoms with Gasteiger partial charge >= 0.3 is 0 Å². The van der Waals surface area contributed by atoms with E-state index in [4.69, 9.17) is 5.21 Å². The van der Waals surface area contributed by atoms with E-state index in [1.807, 2.05) is 0 Å². The molecule has 0 saturated carbocycles. The molecule has 1 aromatic heterocycles. The summed E-state index contributed by atoms with van der Waals surface area (Å²) in [5.74, 6) is -0.141. The van der Waals surface area contributed by atoms with Crippen LogP contribution in [0.3, 0.4) is 0 Å². The van der Waals surface area contributed by atoms with E-state index in [-0.39, 0.29) is 4.90 Å². The van der Waals surface area contributed by atoms with Crippen molar-refractivity contribution in [3.63, 3.8) is 0 Å². The van der Waals surface area contributed by atoms with Gasteiger partial charge in [-0.05, 0) is 47.9 Å². The van der Waals surface area contributed by atoms with Crippen molar-refractivity contribution in [3.05, 3.63) is 59.9 Å². The average Bonchev–Trinajstić information content (AvgIpc) is 3.09. The van der Waals surface area contributed by atoms with Gasteiger partial charge in [0.25, 0.3) is 15.9 Å². The van der Waals surface area contributed by atoms with Gasteiger partial charge in [0, 0.05) is 25.0 Å². The van der Waals surface area contributed by atoms with Crippen molar-refractivity contribution in [3.8, 4) is 0 Å². The summed E-state index contributed by atoms with van der Waals surface area (Å²) in [6.07, 6.45) is 5.31. The van der Waals surface area contributed by atoms with Crippen molar-refractivity contribution >= 4 is 22.0 Å². The Balaban J connectivity index is 2.11. The van der Waals surface area contributed by atoms with Gasteiger partial charge in [0.05, 0.1) is 4.90 Å². The standard InChI is InChI=1S/C18H23N3O4S/c1-14(2)11-19-12-15-3-6-17(7-4-15)26(24,25)21-10-9-16(13-21)5-8-18(22)20-23/h3-10,13-14,19,23H,11-12H2,1-2H3,(H,20,22)/b8-5+. The Kier molecular flexibility index (Phi) is 6.73. The maximum atomic E-state index is 12.7. The lowest BCUT2D eigenvalue weighted by atomic mass is 10.2. The summed E-state index contributed by atoms with van der Waals surface area (Å²) in [5, 5.41) is 11.8. The fraction of sp³-hybridized carbons (Fsp3) is 0.278. The minimum Gasteiger partial charge on any atom is -0.312 e. The molecular weight excluding hydrogens is 354 g/mol. The lowest BCUT2D eigenvalue weighted by Gasteiger charge is -2.09. The normalized spacial score (nSPS) is 12.0. The van der Waals surface area contributed by atoms with Gasteiger partial charge in [0.1, 0.15) is 0 Å². The van der Waals surface area contributed by atoms with E-state index in [0.717, 1.165) is 22.2 Å². The molecule has 0 saturated heterocycles. The lowest BCUT2D eigenvalue weighted by molar-refractivity contribution is -0.124. The summed E-state index contributed by atoms with van der Waals surface area (Å²) >= 11 is 0. The SMILES string of the molecule is CC(C)CNCc1ccc(S(=O)(=O)n2ccc(/C=C/C(=O)NO)c2)cc1. The highest BCUT2D eigenvalue weighted by atomic mass is 32.2. The van der Waals surface area contributed by atoms with Crippen LogP contribution in [0.25, 0.3) is 6.08 Å². The van der Waals surface area contributed by atoms with Gasteiger partial charge in [-0.25, -0.2) is 17.9 Å². The molecular formula is C18H23N3O4S. The Hall–Kier alpha value is -2.42. The molecule has 7 nitrogen and oxygen atoms in total. The number of aromatic nitrogens is 1. The minimum atomic E-state index is -3.70. The van der Waals surface area contributed by atoms with Gasteiger partial charge in [0.2, 0.25) is 0 Å². The van der Waals surface area contributed by atoms with E-state index in [1.165, 1.54) is 23.9 Å². The quantitative estimate of drug-likeness (QED) is 0.371. The molecule has 1 aromatic carbocycles. The molecule has 8 heteroatoms. The van der Waals surface area contributed by atoms with Crippen LogP contribution in [0.2, 0.25) is 0 Å². The lowest BCUT2D eigenvalue weighted by Crippen LogP contribution is -2.19. The van der Waals surface area contributed by atoms with Crippen molar-refractivity contribution in [2.24, 2.45) is 5.92 Å². The van der Waals surface area contributed by atoms with E-state index in [1.54, 1.807) is 30.3 Å². The first kappa shape index (κ1) is 19.9. The number of hydrogen-bond acceptors (Lipinski definition) is 5. The molecule has 2 aromatic rings. The van der Waals surface area contributed by atoms with Gasteiger partial charge in [-0.2, -0.15) is 0 Å². The van der Waals surface area contributed by atoms with E-state index < -0.39 is 15.9 Å². The highest BCUT2D eigenvalue weighted by molar-refractivity contribution is 7.90. The second-order valence-electron chi connectivity index (χ2n) is 6.26. The van der Waals surface area contributed by atoms with Crippen molar-refractivity contribution < 1.29 is 18.4 Å². The zero-order valence-electron chi connectivity index (χ0n) is 14.7. The van der Waals surface area contributed by atoms with Gasteiger partial charge in [-0.1, -0.05) is 26.0 Å². The van der Waals surface area contributed by atoms with Gasteiger partial charge in [0.15, 0.2) is 0 Å². The first-order chi connectivity index (χ1) is 12.3. The molecule has 0 aliphatic heterocycles. The molecule has 1 amide bonds. The van der Waals surface area contributed by atoms with Crippen LogP contribution >= 0.6 is 0 Å². The number of rotatable bonds is 8. The van der Waals surface area contributed by atoms with E-state index in [0.29, 0.717) is 18.0 Å². The fourth-order valence-corrected chi connectivity index (χ4v) is 3.46. The number of hydroxylamine groups is 1. The number of carbonyl (C=O) groups excluding carboxylic acids is 1. The van der Waals surface area contributed by atoms with Crippen LogP contribution in [0, 0.1) is 5.92 Å². The molecule has 1 heterocycles. The molecule has 0 bridgehead atoms. The molecule has 0 fully saturated rings. The molecule has 0 unspecified atom stereocenters. The summed E-state index contributed by atoms with van der Waals surface area (Å²) in [7, 11) is -3.70. The topological polar surface area (TPSA) is 100 Å². The largest absolute Gasteiger partial charge is 0.312 e. The maximum Gasteiger partial charge on any atom is 0.267 e. The molecule has 0 spiro atoms.